The van der Waals surface area contributed by atoms with Crippen LogP contribution in [0, 0.1) is 16.0 Å². The van der Waals surface area contributed by atoms with Gasteiger partial charge in [0.1, 0.15) is 5.56 Å². The van der Waals surface area contributed by atoms with Gasteiger partial charge in [-0.05, 0) is 25.3 Å². The van der Waals surface area contributed by atoms with Crippen molar-refractivity contribution in [2.24, 2.45) is 5.92 Å². The molecule has 0 bridgehead atoms. The summed E-state index contributed by atoms with van der Waals surface area (Å²) in [5.41, 5.74) is -0.514. The van der Waals surface area contributed by atoms with Crippen molar-refractivity contribution in [2.45, 2.75) is 33.3 Å². The molecule has 0 saturated heterocycles. The summed E-state index contributed by atoms with van der Waals surface area (Å²) in [6.45, 7) is 5.76. The maximum atomic E-state index is 11.1. The van der Waals surface area contributed by atoms with Crippen molar-refractivity contribution >= 4 is 11.7 Å². The Balaban J connectivity index is 3.14. The van der Waals surface area contributed by atoms with Crippen LogP contribution in [0.25, 0.3) is 0 Å². The molecular weight excluding hydrogens is 250 g/mol. The number of carbonyl (C=O) groups is 1. The third-order valence-electron chi connectivity index (χ3n) is 2.54. The molecule has 1 aromatic rings. The Kier molecular flexibility index (Phi) is 4.86. The number of ether oxygens (including phenoxy) is 1. The molecule has 1 aromatic carbocycles. The lowest BCUT2D eigenvalue weighted by molar-refractivity contribution is -0.386. The van der Waals surface area contributed by atoms with E-state index in [9.17, 15) is 14.9 Å². The second-order valence-electron chi connectivity index (χ2n) is 4.77. The quantitative estimate of drug-likeness (QED) is 0.631. The first-order valence-electron chi connectivity index (χ1n) is 6.00. The SMILES string of the molecule is CC(C)CC(C)Oc1c(C(=O)O)cccc1[N+](=O)[O-]. The Hall–Kier alpha value is -2.11. The maximum Gasteiger partial charge on any atom is 0.339 e. The van der Waals surface area contributed by atoms with Gasteiger partial charge in [-0.2, -0.15) is 0 Å². The Labute approximate surface area is 111 Å². The van der Waals surface area contributed by atoms with Gasteiger partial charge in [-0.15, -0.1) is 0 Å². The van der Waals surface area contributed by atoms with Crippen LogP contribution in [-0.4, -0.2) is 22.1 Å². The molecule has 0 aliphatic carbocycles. The molecule has 6 heteroatoms. The summed E-state index contributed by atoms with van der Waals surface area (Å²) in [7, 11) is 0. The smallest absolute Gasteiger partial charge is 0.339 e. The molecule has 0 heterocycles. The molecule has 0 spiro atoms. The fraction of sp³-hybridized carbons (Fsp3) is 0.462. The predicted molar refractivity (Wildman–Crippen MR) is 69.6 cm³/mol. The van der Waals surface area contributed by atoms with Crippen molar-refractivity contribution in [2.75, 3.05) is 0 Å². The van der Waals surface area contributed by atoms with Gasteiger partial charge in [0.2, 0.25) is 5.75 Å². The zero-order valence-electron chi connectivity index (χ0n) is 11.1. The van der Waals surface area contributed by atoms with Crippen molar-refractivity contribution in [3.05, 3.63) is 33.9 Å². The van der Waals surface area contributed by atoms with E-state index >= 15 is 0 Å². The summed E-state index contributed by atoms with van der Waals surface area (Å²) in [6.07, 6.45) is 0.393. The van der Waals surface area contributed by atoms with Crippen LogP contribution in [0.1, 0.15) is 37.6 Å². The molecule has 1 atom stereocenters. The first-order valence-corrected chi connectivity index (χ1v) is 6.00. The summed E-state index contributed by atoms with van der Waals surface area (Å²) < 4.78 is 5.49. The number of rotatable bonds is 6. The first-order chi connectivity index (χ1) is 8.82. The number of hydrogen-bond acceptors (Lipinski definition) is 4. The standard InChI is InChI=1S/C13H17NO5/c1-8(2)7-9(3)19-12-10(13(15)16)5-4-6-11(12)14(17)18/h4-6,8-9H,7H2,1-3H3,(H,15,16). The van der Waals surface area contributed by atoms with Gasteiger partial charge in [0.25, 0.3) is 0 Å². The van der Waals surface area contributed by atoms with Gasteiger partial charge < -0.3 is 9.84 Å². The van der Waals surface area contributed by atoms with E-state index in [-0.39, 0.29) is 23.1 Å². The van der Waals surface area contributed by atoms with Crippen molar-refractivity contribution in [3.8, 4) is 5.75 Å². The third kappa shape index (κ3) is 3.94. The van der Waals surface area contributed by atoms with Gasteiger partial charge in [0.15, 0.2) is 0 Å². The lowest BCUT2D eigenvalue weighted by Crippen LogP contribution is -2.17. The number of hydrogen-bond donors (Lipinski definition) is 1. The van der Waals surface area contributed by atoms with Gasteiger partial charge in [-0.25, -0.2) is 4.79 Å². The largest absolute Gasteiger partial charge is 0.483 e. The number of nitro benzene ring substituents is 1. The highest BCUT2D eigenvalue weighted by Crippen LogP contribution is 2.32. The highest BCUT2D eigenvalue weighted by molar-refractivity contribution is 5.92. The zero-order chi connectivity index (χ0) is 14.6. The number of aromatic carboxylic acids is 1. The molecular formula is C13H17NO5. The van der Waals surface area contributed by atoms with Crippen molar-refractivity contribution in [3.63, 3.8) is 0 Å². The molecule has 0 saturated carbocycles. The van der Waals surface area contributed by atoms with E-state index in [0.29, 0.717) is 12.3 Å². The Morgan fingerprint density at radius 2 is 2.05 bits per heavy atom. The van der Waals surface area contributed by atoms with Crippen LogP contribution in [0.2, 0.25) is 0 Å². The molecule has 0 aliphatic rings. The van der Waals surface area contributed by atoms with Crippen molar-refractivity contribution in [1.29, 1.82) is 0 Å². The van der Waals surface area contributed by atoms with Gasteiger partial charge in [0, 0.05) is 6.07 Å². The summed E-state index contributed by atoms with van der Waals surface area (Å²) >= 11 is 0. The van der Waals surface area contributed by atoms with E-state index in [1.807, 2.05) is 13.8 Å². The Morgan fingerprint density at radius 1 is 1.42 bits per heavy atom. The van der Waals surface area contributed by atoms with E-state index in [2.05, 4.69) is 0 Å². The number of benzene rings is 1. The summed E-state index contributed by atoms with van der Waals surface area (Å²) in [5, 5.41) is 20.0. The maximum absolute atomic E-state index is 11.1. The minimum atomic E-state index is -1.24. The number of para-hydroxylation sites is 1. The average molecular weight is 267 g/mol. The molecule has 1 rings (SSSR count). The third-order valence-corrected chi connectivity index (χ3v) is 2.54. The Morgan fingerprint density at radius 3 is 2.53 bits per heavy atom. The second kappa shape index (κ2) is 6.17. The molecule has 0 aromatic heterocycles. The number of nitro groups is 1. The van der Waals surface area contributed by atoms with Gasteiger partial charge in [-0.3, -0.25) is 10.1 Å². The average Bonchev–Trinajstić information content (AvgIpc) is 2.27. The summed E-state index contributed by atoms with van der Waals surface area (Å²) in [6, 6.07) is 3.87. The minimum Gasteiger partial charge on any atom is -0.483 e. The van der Waals surface area contributed by atoms with Gasteiger partial charge in [0.05, 0.1) is 11.0 Å². The molecule has 6 nitrogen and oxygen atoms in total. The van der Waals surface area contributed by atoms with Crippen LogP contribution < -0.4 is 4.74 Å². The van der Waals surface area contributed by atoms with E-state index in [4.69, 9.17) is 9.84 Å². The molecule has 1 N–H and O–H groups in total. The Bertz CT molecular complexity index is 452. The molecule has 0 radical (unpaired) electrons. The lowest BCUT2D eigenvalue weighted by atomic mass is 10.1. The molecule has 1 unspecified atom stereocenters. The number of nitrogens with zero attached hydrogens (tertiary/aromatic N) is 1. The highest BCUT2D eigenvalue weighted by atomic mass is 16.6. The number of carboxylic acid groups (broad SMARTS) is 1. The molecule has 0 aliphatic heterocycles. The van der Waals surface area contributed by atoms with Gasteiger partial charge in [-0.1, -0.05) is 19.9 Å². The van der Waals surface area contributed by atoms with Crippen LogP contribution >= 0.6 is 0 Å². The summed E-state index contributed by atoms with van der Waals surface area (Å²) in [4.78, 5) is 21.4. The second-order valence-corrected chi connectivity index (χ2v) is 4.77. The molecule has 104 valence electrons. The number of carboxylic acids is 1. The van der Waals surface area contributed by atoms with E-state index < -0.39 is 10.9 Å². The van der Waals surface area contributed by atoms with Crippen molar-refractivity contribution in [1.82, 2.24) is 0 Å². The van der Waals surface area contributed by atoms with Crippen LogP contribution in [0.4, 0.5) is 5.69 Å². The molecule has 0 fully saturated rings. The van der Waals surface area contributed by atoms with Crippen molar-refractivity contribution < 1.29 is 19.6 Å². The van der Waals surface area contributed by atoms with Gasteiger partial charge >= 0.3 is 11.7 Å². The monoisotopic (exact) mass is 267 g/mol. The van der Waals surface area contributed by atoms with E-state index in [0.717, 1.165) is 0 Å². The lowest BCUT2D eigenvalue weighted by Gasteiger charge is -2.17. The molecule has 0 amide bonds. The van der Waals surface area contributed by atoms with Crippen LogP contribution in [-0.2, 0) is 0 Å². The van der Waals surface area contributed by atoms with Crippen LogP contribution in [0.15, 0.2) is 18.2 Å². The summed E-state index contributed by atoms with van der Waals surface area (Å²) in [5.74, 6) is -1.06. The van der Waals surface area contributed by atoms with Crippen LogP contribution in [0.5, 0.6) is 5.75 Å². The zero-order valence-corrected chi connectivity index (χ0v) is 11.1. The minimum absolute atomic E-state index is 0.173. The molecule has 19 heavy (non-hydrogen) atoms. The first kappa shape index (κ1) is 14.9. The highest BCUT2D eigenvalue weighted by Gasteiger charge is 2.24. The topological polar surface area (TPSA) is 89.7 Å². The fourth-order valence-corrected chi connectivity index (χ4v) is 1.87. The van der Waals surface area contributed by atoms with Crippen LogP contribution in [0.3, 0.4) is 0 Å². The normalized spacial score (nSPS) is 12.2. The fourth-order valence-electron chi connectivity index (χ4n) is 1.87. The predicted octanol–water partition coefficient (Wildman–Crippen LogP) is 3.11. The van der Waals surface area contributed by atoms with E-state index in [1.54, 1.807) is 6.92 Å². The van der Waals surface area contributed by atoms with E-state index in [1.165, 1.54) is 18.2 Å².